The number of nitrogens with zero attached hydrogens (tertiary/aromatic N) is 1. The number of benzene rings is 1. The van der Waals surface area contributed by atoms with Gasteiger partial charge in [0, 0.05) is 24.3 Å². The number of amides is 1. The van der Waals surface area contributed by atoms with Crippen LogP contribution in [0.3, 0.4) is 0 Å². The number of carbonyl (C=O) groups is 1. The maximum absolute atomic E-state index is 12.3. The number of unbranched alkanes of at least 4 members (excludes halogenated alkanes) is 2. The average molecular weight is 380 g/mol. The number of alkyl halides is 3. The van der Waals surface area contributed by atoms with E-state index in [4.69, 9.17) is 0 Å². The molecule has 0 aliphatic rings. The molecule has 0 bridgehead atoms. The van der Waals surface area contributed by atoms with Gasteiger partial charge < -0.3 is 4.90 Å². The molecule has 0 fully saturated rings. The Hall–Kier alpha value is -1.77. The lowest BCUT2D eigenvalue weighted by molar-refractivity contribution is -0.0446. The minimum absolute atomic E-state index is 0.150. The van der Waals surface area contributed by atoms with Crippen molar-refractivity contribution in [3.63, 3.8) is 0 Å². The average Bonchev–Trinajstić information content (AvgIpc) is 2.54. The van der Waals surface area contributed by atoms with Gasteiger partial charge in [0.15, 0.2) is 0 Å². The summed E-state index contributed by atoms with van der Waals surface area (Å²) in [5.41, 5.74) is -4.83. The minimum atomic E-state index is -5.71. The van der Waals surface area contributed by atoms with Crippen LogP contribution in [0.4, 0.5) is 18.9 Å². The van der Waals surface area contributed by atoms with Gasteiger partial charge in [-0.3, -0.25) is 4.79 Å². The largest absolute Gasteiger partial charge is 0.516 e. The van der Waals surface area contributed by atoms with Gasteiger partial charge in [-0.15, -0.1) is 0 Å². The summed E-state index contributed by atoms with van der Waals surface area (Å²) in [6.45, 7) is 5.83. The van der Waals surface area contributed by atoms with Crippen LogP contribution < -0.4 is 9.62 Å². The molecular formula is C16H23F3N2O3S. The van der Waals surface area contributed by atoms with Crippen molar-refractivity contribution in [3.05, 3.63) is 29.8 Å². The summed E-state index contributed by atoms with van der Waals surface area (Å²) in [7, 11) is -5.71. The van der Waals surface area contributed by atoms with Gasteiger partial charge in [0.05, 0.1) is 0 Å². The Morgan fingerprint density at radius 2 is 1.52 bits per heavy atom. The molecule has 1 aromatic carbocycles. The summed E-state index contributed by atoms with van der Waals surface area (Å²) < 4.78 is 59.9. The normalized spacial score (nSPS) is 12.0. The molecule has 0 radical (unpaired) electrons. The summed E-state index contributed by atoms with van der Waals surface area (Å²) in [5.74, 6) is -1.31. The Balaban J connectivity index is 2.87. The van der Waals surface area contributed by atoms with Crippen LogP contribution in [0.25, 0.3) is 0 Å². The van der Waals surface area contributed by atoms with Gasteiger partial charge in [0.25, 0.3) is 5.91 Å². The van der Waals surface area contributed by atoms with Crippen molar-refractivity contribution in [2.75, 3.05) is 18.0 Å². The van der Waals surface area contributed by atoms with E-state index in [1.165, 1.54) is 12.1 Å². The fourth-order valence-electron chi connectivity index (χ4n) is 2.13. The molecule has 25 heavy (non-hydrogen) atoms. The van der Waals surface area contributed by atoms with Gasteiger partial charge in [0.2, 0.25) is 0 Å². The van der Waals surface area contributed by atoms with E-state index in [0.717, 1.165) is 49.2 Å². The highest BCUT2D eigenvalue weighted by molar-refractivity contribution is 7.90. The van der Waals surface area contributed by atoms with E-state index in [9.17, 15) is 26.4 Å². The quantitative estimate of drug-likeness (QED) is 0.710. The second-order valence-electron chi connectivity index (χ2n) is 5.62. The third kappa shape index (κ3) is 6.22. The second-order valence-corrected chi connectivity index (χ2v) is 7.30. The molecule has 5 nitrogen and oxygen atoms in total. The van der Waals surface area contributed by atoms with Crippen molar-refractivity contribution in [2.45, 2.75) is 45.0 Å². The van der Waals surface area contributed by atoms with Crippen molar-refractivity contribution < 1.29 is 26.4 Å². The molecule has 1 rings (SSSR count). The highest BCUT2D eigenvalue weighted by atomic mass is 32.2. The molecule has 9 heteroatoms. The van der Waals surface area contributed by atoms with Crippen LogP contribution in [0, 0.1) is 0 Å². The van der Waals surface area contributed by atoms with Crippen molar-refractivity contribution in [1.29, 1.82) is 0 Å². The zero-order valence-corrected chi connectivity index (χ0v) is 15.1. The van der Waals surface area contributed by atoms with Gasteiger partial charge in [-0.2, -0.15) is 21.6 Å². The third-order valence-electron chi connectivity index (χ3n) is 3.59. The molecule has 0 spiro atoms. The predicted octanol–water partition coefficient (Wildman–Crippen LogP) is 3.67. The molecule has 0 saturated heterocycles. The summed E-state index contributed by atoms with van der Waals surface area (Å²) >= 11 is 0. The van der Waals surface area contributed by atoms with E-state index in [2.05, 4.69) is 18.7 Å². The monoisotopic (exact) mass is 380 g/mol. The Bertz CT molecular complexity index is 650. The van der Waals surface area contributed by atoms with Crippen LogP contribution in [-0.2, 0) is 10.0 Å². The topological polar surface area (TPSA) is 66.5 Å². The number of halogens is 3. The SMILES string of the molecule is CCCCN(CCCC)c1ccc(C(=O)NS(=O)(=O)C(F)(F)F)cc1. The smallest absolute Gasteiger partial charge is 0.372 e. The molecule has 1 N–H and O–H groups in total. The van der Waals surface area contributed by atoms with Gasteiger partial charge in [-0.1, -0.05) is 26.7 Å². The zero-order chi connectivity index (χ0) is 19.1. The van der Waals surface area contributed by atoms with Crippen LogP contribution in [0.15, 0.2) is 24.3 Å². The number of sulfonamides is 1. The van der Waals surface area contributed by atoms with E-state index < -0.39 is 21.4 Å². The molecule has 0 aliphatic heterocycles. The fourth-order valence-corrected chi connectivity index (χ4v) is 2.61. The maximum Gasteiger partial charge on any atom is 0.516 e. The molecule has 0 heterocycles. The maximum atomic E-state index is 12.3. The molecule has 1 amide bonds. The van der Waals surface area contributed by atoms with Gasteiger partial charge in [0.1, 0.15) is 0 Å². The molecule has 0 unspecified atom stereocenters. The Labute approximate surface area is 146 Å². The molecule has 1 aromatic rings. The lowest BCUT2D eigenvalue weighted by atomic mass is 10.1. The summed E-state index contributed by atoms with van der Waals surface area (Å²) in [6.07, 6.45) is 4.04. The number of hydrogen-bond acceptors (Lipinski definition) is 4. The first-order chi connectivity index (χ1) is 11.6. The number of carbonyl (C=O) groups excluding carboxylic acids is 1. The van der Waals surface area contributed by atoms with Gasteiger partial charge in [-0.25, -0.2) is 4.72 Å². The van der Waals surface area contributed by atoms with Crippen molar-refractivity contribution >= 4 is 21.6 Å². The Kier molecular flexibility index (Phi) is 7.72. The highest BCUT2D eigenvalue weighted by Crippen LogP contribution is 2.22. The molecule has 0 aliphatic carbocycles. The van der Waals surface area contributed by atoms with Gasteiger partial charge >= 0.3 is 15.5 Å². The highest BCUT2D eigenvalue weighted by Gasteiger charge is 2.47. The van der Waals surface area contributed by atoms with Crippen LogP contribution in [0.2, 0.25) is 0 Å². The minimum Gasteiger partial charge on any atom is -0.372 e. The molecule has 0 atom stereocenters. The van der Waals surface area contributed by atoms with Crippen LogP contribution in [0.5, 0.6) is 0 Å². The van der Waals surface area contributed by atoms with E-state index in [1.807, 2.05) is 0 Å². The van der Waals surface area contributed by atoms with Gasteiger partial charge in [-0.05, 0) is 37.1 Å². The van der Waals surface area contributed by atoms with E-state index in [-0.39, 0.29) is 5.56 Å². The third-order valence-corrected chi connectivity index (χ3v) is 4.65. The number of nitrogens with one attached hydrogen (secondary N) is 1. The molecule has 142 valence electrons. The standard InChI is InChI=1S/C16H23F3N2O3S/c1-3-5-11-21(12-6-4-2)14-9-7-13(8-10-14)15(22)20-25(23,24)16(17,18)19/h7-10H,3-6,11-12H2,1-2H3,(H,20,22). The predicted molar refractivity (Wildman–Crippen MR) is 90.9 cm³/mol. The summed E-state index contributed by atoms with van der Waals surface area (Å²) in [6, 6.07) is 5.86. The molecular weight excluding hydrogens is 357 g/mol. The first-order valence-corrected chi connectivity index (χ1v) is 9.59. The number of rotatable bonds is 9. The van der Waals surface area contributed by atoms with Crippen molar-refractivity contribution in [1.82, 2.24) is 4.72 Å². The fraction of sp³-hybridized carbons (Fsp3) is 0.562. The summed E-state index contributed by atoms with van der Waals surface area (Å²) in [5, 5.41) is 0. The second kappa shape index (κ2) is 9.07. The lowest BCUT2D eigenvalue weighted by Crippen LogP contribution is -2.40. The van der Waals surface area contributed by atoms with E-state index in [0.29, 0.717) is 0 Å². The van der Waals surface area contributed by atoms with Crippen molar-refractivity contribution in [3.8, 4) is 0 Å². The molecule has 0 aromatic heterocycles. The Morgan fingerprint density at radius 1 is 1.04 bits per heavy atom. The zero-order valence-electron chi connectivity index (χ0n) is 14.3. The van der Waals surface area contributed by atoms with Crippen molar-refractivity contribution in [2.24, 2.45) is 0 Å². The first kappa shape index (κ1) is 21.3. The molecule has 0 saturated carbocycles. The first-order valence-electron chi connectivity index (χ1n) is 8.10. The number of anilines is 1. The van der Waals surface area contributed by atoms with Crippen LogP contribution >= 0.6 is 0 Å². The van der Waals surface area contributed by atoms with Crippen LogP contribution in [0.1, 0.15) is 49.9 Å². The summed E-state index contributed by atoms with van der Waals surface area (Å²) in [4.78, 5) is 13.9. The van der Waals surface area contributed by atoms with Crippen LogP contribution in [-0.4, -0.2) is 32.9 Å². The van der Waals surface area contributed by atoms with E-state index in [1.54, 1.807) is 12.1 Å². The number of hydrogen-bond donors (Lipinski definition) is 1. The lowest BCUT2D eigenvalue weighted by Gasteiger charge is -2.24. The Morgan fingerprint density at radius 3 is 1.92 bits per heavy atom. The van der Waals surface area contributed by atoms with E-state index >= 15 is 0 Å².